The molecule has 1 fully saturated rings. The van der Waals surface area contributed by atoms with Crippen molar-refractivity contribution >= 4 is 73.5 Å². The average molecular weight is 969 g/mol. The summed E-state index contributed by atoms with van der Waals surface area (Å²) in [6.45, 7) is 1.37. The largest absolute Gasteiger partial charge is 0.382 e. The second-order valence-corrected chi connectivity index (χ2v) is 18.3. The lowest BCUT2D eigenvalue weighted by molar-refractivity contribution is -0.136. The first-order valence-corrected chi connectivity index (χ1v) is 24.2. The van der Waals surface area contributed by atoms with Crippen LogP contribution in [0.1, 0.15) is 61.5 Å². The molecule has 2 aliphatic heterocycles. The number of benzene rings is 3. The predicted octanol–water partition coefficient (Wildman–Crippen LogP) is 2.93. The van der Waals surface area contributed by atoms with Gasteiger partial charge in [-0.15, -0.1) is 11.3 Å². The third-order valence-corrected chi connectivity index (χ3v) is 12.4. The van der Waals surface area contributed by atoms with Gasteiger partial charge in [-0.3, -0.25) is 47.8 Å². The molecule has 2 aliphatic rings. The van der Waals surface area contributed by atoms with E-state index in [1.807, 2.05) is 54.6 Å². The summed E-state index contributed by atoms with van der Waals surface area (Å²) in [5, 5.41) is 15.6. The molecule has 4 heterocycles. The number of carbonyl (C=O) groups is 7. The van der Waals surface area contributed by atoms with E-state index in [1.165, 1.54) is 29.7 Å². The minimum Gasteiger partial charge on any atom is -0.382 e. The zero-order valence-electron chi connectivity index (χ0n) is 36.7. The highest BCUT2D eigenvalue weighted by molar-refractivity contribution is 7.89. The summed E-state index contributed by atoms with van der Waals surface area (Å²) < 4.78 is 41.8. The molecule has 0 aliphatic carbocycles. The van der Waals surface area contributed by atoms with Crippen LogP contribution >= 0.6 is 11.3 Å². The molecule has 7 amide bonds. The highest BCUT2D eigenvalue weighted by Crippen LogP contribution is 2.32. The molecule has 20 nitrogen and oxygen atoms in total. The number of piperidine rings is 1. The average Bonchev–Trinajstić information content (AvgIpc) is 4.08. The van der Waals surface area contributed by atoms with Crippen molar-refractivity contribution in [2.45, 2.75) is 44.5 Å². The van der Waals surface area contributed by atoms with Crippen LogP contribution in [0.5, 0.6) is 0 Å². The van der Waals surface area contributed by atoms with Crippen LogP contribution in [-0.2, 0) is 56.6 Å². The molecule has 0 bridgehead atoms. The zero-order valence-corrected chi connectivity index (χ0v) is 38.4. The van der Waals surface area contributed by atoms with Crippen molar-refractivity contribution in [1.29, 1.82) is 0 Å². The fourth-order valence-electron chi connectivity index (χ4n) is 7.15. The first kappa shape index (κ1) is 48.8. The molecule has 1 saturated heterocycles. The molecule has 5 N–H and O–H groups in total. The molecular weight excluding hydrogens is 921 g/mol. The lowest BCUT2D eigenvalue weighted by atomic mass is 10.0. The molecule has 0 spiro atoms. The van der Waals surface area contributed by atoms with Crippen LogP contribution in [0.25, 0.3) is 11.3 Å². The normalized spacial score (nSPS) is 15.1. The molecule has 0 saturated carbocycles. The predicted molar refractivity (Wildman–Crippen MR) is 248 cm³/mol. The number of imide groups is 2. The fourth-order valence-corrected chi connectivity index (χ4v) is 8.46. The lowest BCUT2D eigenvalue weighted by Gasteiger charge is -2.27. The Morgan fingerprint density at radius 3 is 2.37 bits per heavy atom. The van der Waals surface area contributed by atoms with Crippen LogP contribution in [0.4, 0.5) is 10.8 Å². The van der Waals surface area contributed by atoms with E-state index in [1.54, 1.807) is 17.5 Å². The maximum atomic E-state index is 13.5. The molecule has 0 radical (unpaired) electrons. The van der Waals surface area contributed by atoms with E-state index in [9.17, 15) is 42.0 Å². The number of nitrogens with one attached hydrogen (secondary N) is 5. The van der Waals surface area contributed by atoms with Crippen molar-refractivity contribution in [2.75, 3.05) is 56.5 Å². The second-order valence-electron chi connectivity index (χ2n) is 15.6. The standard InChI is InChI=1S/C46H48N8O12S2/c1-68(62,63)53-19-16-32(25-53)41(57)49-35(42(58)52-46-50-36(28-67-46)31-6-3-2-4-7-31)27-66-26-30-12-10-29(11-13-30)24-48-38(55)17-20-64-22-23-65-21-18-47-34-9-5-8-33-40(34)45(61)54(44(33)60)37-14-15-39(56)51-43(37)59/h2-13,16,19,25,28,35,37,47H,14-15,17-18,20-24,26-27H2,1H3,(H,48,55)(H,49,57)(H,50,52,58)(H,51,56,59)/t35-,37?/m0/s1. The number of nitrogens with zero attached hydrogens (tertiary/aromatic N) is 3. The van der Waals surface area contributed by atoms with Crippen LogP contribution in [0.3, 0.4) is 0 Å². The van der Waals surface area contributed by atoms with E-state index in [4.69, 9.17) is 14.2 Å². The van der Waals surface area contributed by atoms with Crippen LogP contribution in [0.15, 0.2) is 96.6 Å². The summed E-state index contributed by atoms with van der Waals surface area (Å²) in [4.78, 5) is 94.7. The Bertz CT molecular complexity index is 2780. The number of anilines is 2. The van der Waals surface area contributed by atoms with Gasteiger partial charge in [-0.25, -0.2) is 13.4 Å². The number of fused-ring (bicyclic) bond motifs is 1. The van der Waals surface area contributed by atoms with Crippen molar-refractivity contribution in [2.24, 2.45) is 0 Å². The SMILES string of the molecule is CS(=O)(=O)n1ccc(C(=O)N[C@@H](COCc2ccc(CNC(=O)CCOCCOCCNc3cccc4c3C(=O)N(C3CCC(=O)NC3=O)C4=O)cc2)C(=O)Nc2nc(-c3ccccc3)cs2)c1. The minimum atomic E-state index is -3.63. The Morgan fingerprint density at radius 2 is 1.63 bits per heavy atom. The summed E-state index contributed by atoms with van der Waals surface area (Å²) >= 11 is 1.22. The van der Waals surface area contributed by atoms with Gasteiger partial charge < -0.3 is 35.5 Å². The van der Waals surface area contributed by atoms with Gasteiger partial charge in [0.2, 0.25) is 27.7 Å². The topological polar surface area (TPSA) is 263 Å². The summed E-state index contributed by atoms with van der Waals surface area (Å²) in [7, 11) is -3.63. The Balaban J connectivity index is 0.787. The van der Waals surface area contributed by atoms with Crippen LogP contribution in [0.2, 0.25) is 0 Å². The molecule has 5 aromatic rings. The molecular formula is C46H48N8O12S2. The van der Waals surface area contributed by atoms with E-state index >= 15 is 0 Å². The Labute approximate surface area is 394 Å². The van der Waals surface area contributed by atoms with E-state index in [0.29, 0.717) is 23.1 Å². The third kappa shape index (κ3) is 12.7. The molecule has 7 rings (SSSR count). The van der Waals surface area contributed by atoms with Gasteiger partial charge >= 0.3 is 0 Å². The summed E-state index contributed by atoms with van der Waals surface area (Å²) in [6, 6.07) is 20.6. The van der Waals surface area contributed by atoms with E-state index in [2.05, 4.69) is 31.6 Å². The number of rotatable bonds is 23. The first-order chi connectivity index (χ1) is 32.7. The third-order valence-electron chi connectivity index (χ3n) is 10.7. The zero-order chi connectivity index (χ0) is 48.2. The van der Waals surface area contributed by atoms with Crippen molar-refractivity contribution in [3.8, 4) is 11.3 Å². The van der Waals surface area contributed by atoms with Gasteiger partial charge in [0.15, 0.2) is 5.13 Å². The number of thiazole rings is 1. The number of amides is 7. The summed E-state index contributed by atoms with van der Waals surface area (Å²) in [5.41, 5.74) is 3.94. The molecule has 356 valence electrons. The van der Waals surface area contributed by atoms with Gasteiger partial charge in [0.05, 0.1) is 68.3 Å². The maximum Gasteiger partial charge on any atom is 0.264 e. The molecule has 68 heavy (non-hydrogen) atoms. The maximum absolute atomic E-state index is 13.5. The number of carbonyl (C=O) groups excluding carboxylic acids is 7. The van der Waals surface area contributed by atoms with Crippen LogP contribution in [-0.4, -0.2) is 122 Å². The Hall–Kier alpha value is -7.11. The molecule has 22 heteroatoms. The van der Waals surface area contributed by atoms with Crippen molar-refractivity contribution in [3.63, 3.8) is 0 Å². The van der Waals surface area contributed by atoms with E-state index in [0.717, 1.165) is 38.0 Å². The Kier molecular flexibility index (Phi) is 16.2. The number of aromatic nitrogens is 2. The van der Waals surface area contributed by atoms with Crippen molar-refractivity contribution in [1.82, 2.24) is 29.8 Å². The summed E-state index contributed by atoms with van der Waals surface area (Å²) in [6.07, 6.45) is 3.62. The van der Waals surface area contributed by atoms with Crippen LogP contribution in [0, 0.1) is 0 Å². The molecule has 1 unspecified atom stereocenters. The number of hydrogen-bond donors (Lipinski definition) is 5. The number of ether oxygens (including phenoxy) is 3. The van der Waals surface area contributed by atoms with Crippen LogP contribution < -0.4 is 26.6 Å². The van der Waals surface area contributed by atoms with Gasteiger partial charge in [0.25, 0.3) is 23.6 Å². The van der Waals surface area contributed by atoms with Crippen molar-refractivity contribution < 1.29 is 56.2 Å². The van der Waals surface area contributed by atoms with Gasteiger partial charge in [-0.1, -0.05) is 60.7 Å². The minimum absolute atomic E-state index is 0.0324. The fraction of sp³-hybridized carbons (Fsp3) is 0.304. The van der Waals surface area contributed by atoms with Gasteiger partial charge in [0, 0.05) is 55.0 Å². The van der Waals surface area contributed by atoms with E-state index in [-0.39, 0.29) is 88.0 Å². The van der Waals surface area contributed by atoms with E-state index < -0.39 is 57.6 Å². The highest BCUT2D eigenvalue weighted by atomic mass is 32.2. The van der Waals surface area contributed by atoms with Crippen molar-refractivity contribution in [3.05, 3.63) is 124 Å². The molecule has 3 aromatic carbocycles. The van der Waals surface area contributed by atoms with Gasteiger partial charge in [-0.2, -0.15) is 0 Å². The molecule has 2 aromatic heterocycles. The smallest absolute Gasteiger partial charge is 0.264 e. The Morgan fingerprint density at radius 1 is 0.882 bits per heavy atom. The first-order valence-electron chi connectivity index (χ1n) is 21.4. The lowest BCUT2D eigenvalue weighted by Crippen LogP contribution is -2.54. The number of hydrogen-bond acceptors (Lipinski definition) is 15. The highest BCUT2D eigenvalue weighted by Gasteiger charge is 2.45. The monoisotopic (exact) mass is 968 g/mol. The summed E-state index contributed by atoms with van der Waals surface area (Å²) in [5.74, 6) is -3.78. The molecule has 2 atom stereocenters. The quantitative estimate of drug-likeness (QED) is 0.0466. The second kappa shape index (κ2) is 22.6. The van der Waals surface area contributed by atoms with Gasteiger partial charge in [0.1, 0.15) is 12.1 Å². The van der Waals surface area contributed by atoms with Gasteiger partial charge in [-0.05, 0) is 35.7 Å².